The molecule has 6 aliphatic carbocycles. The van der Waals surface area contributed by atoms with Crippen LogP contribution in [0.1, 0.15) is 94.9 Å². The molecule has 0 saturated heterocycles. The van der Waals surface area contributed by atoms with Crippen molar-refractivity contribution in [1.29, 1.82) is 0 Å². The van der Waals surface area contributed by atoms with Crippen LogP contribution < -0.4 is 4.90 Å². The molecule has 246 valence electrons. The number of nitrogens with zero attached hydrogens (tertiary/aromatic N) is 1. The highest BCUT2D eigenvalue weighted by atomic mass is 15.1. The van der Waals surface area contributed by atoms with E-state index < -0.39 is 0 Å². The smallest absolute Gasteiger partial charge is 0.0465 e. The van der Waals surface area contributed by atoms with Crippen LogP contribution >= 0.6 is 0 Å². The lowest BCUT2D eigenvalue weighted by Gasteiger charge is -2.61. The maximum atomic E-state index is 2.65. The molecule has 0 N–H and O–H groups in total. The predicted octanol–water partition coefficient (Wildman–Crippen LogP) is 12.9. The van der Waals surface area contributed by atoms with Crippen molar-refractivity contribution in [2.24, 2.45) is 23.7 Å². The van der Waals surface area contributed by atoms with Gasteiger partial charge in [-0.2, -0.15) is 0 Å². The van der Waals surface area contributed by atoms with Gasteiger partial charge in [0.05, 0.1) is 0 Å². The van der Waals surface area contributed by atoms with E-state index in [0.29, 0.717) is 0 Å². The summed E-state index contributed by atoms with van der Waals surface area (Å²) in [5, 5.41) is 0. The molecular formula is C48H49N. The van der Waals surface area contributed by atoms with E-state index in [1.807, 2.05) is 0 Å². The summed E-state index contributed by atoms with van der Waals surface area (Å²) in [4.78, 5) is 2.56. The van der Waals surface area contributed by atoms with Crippen LogP contribution in [0.5, 0.6) is 0 Å². The van der Waals surface area contributed by atoms with Gasteiger partial charge in [-0.15, -0.1) is 0 Å². The average molecular weight is 640 g/mol. The maximum Gasteiger partial charge on any atom is 0.0465 e. The van der Waals surface area contributed by atoms with Crippen LogP contribution in [0, 0.1) is 23.7 Å². The molecule has 6 aliphatic rings. The first-order valence-corrected chi connectivity index (χ1v) is 19.1. The highest BCUT2D eigenvalue weighted by Crippen LogP contribution is 2.70. The molecule has 5 aromatic rings. The van der Waals surface area contributed by atoms with Gasteiger partial charge in [0, 0.05) is 22.5 Å². The van der Waals surface area contributed by atoms with E-state index in [1.54, 1.807) is 11.1 Å². The summed E-state index contributed by atoms with van der Waals surface area (Å²) < 4.78 is 0. The summed E-state index contributed by atoms with van der Waals surface area (Å²) in [5.41, 5.74) is 16.2. The summed E-state index contributed by atoms with van der Waals surface area (Å²) in [7, 11) is 0. The Morgan fingerprint density at radius 2 is 0.980 bits per heavy atom. The van der Waals surface area contributed by atoms with Crippen LogP contribution in [-0.2, 0) is 16.2 Å². The molecule has 4 fully saturated rings. The fourth-order valence-corrected chi connectivity index (χ4v) is 11.9. The number of fused-ring (bicyclic) bond motifs is 4. The van der Waals surface area contributed by atoms with E-state index in [9.17, 15) is 0 Å². The molecule has 11 rings (SSSR count). The Balaban J connectivity index is 1.18. The quantitative estimate of drug-likeness (QED) is 0.189. The van der Waals surface area contributed by atoms with E-state index in [-0.39, 0.29) is 16.2 Å². The van der Waals surface area contributed by atoms with Gasteiger partial charge in [0.25, 0.3) is 0 Å². The number of rotatable bonds is 4. The van der Waals surface area contributed by atoms with E-state index in [4.69, 9.17) is 0 Å². The molecule has 5 aromatic carbocycles. The molecule has 4 saturated carbocycles. The first-order chi connectivity index (χ1) is 23.7. The fraction of sp³-hybridized carbons (Fsp3) is 0.375. The van der Waals surface area contributed by atoms with Crippen molar-refractivity contribution in [1.82, 2.24) is 0 Å². The molecule has 4 bridgehead atoms. The molecule has 0 aromatic heterocycles. The molecule has 0 radical (unpaired) electrons. The number of benzene rings is 5. The lowest BCUT2D eigenvalue weighted by molar-refractivity contribution is -0.0399. The fourth-order valence-electron chi connectivity index (χ4n) is 11.9. The molecule has 0 amide bonds. The lowest BCUT2D eigenvalue weighted by Crippen LogP contribution is -2.55. The van der Waals surface area contributed by atoms with Crippen LogP contribution in [0.2, 0.25) is 0 Å². The second-order valence-corrected chi connectivity index (χ2v) is 17.7. The normalized spacial score (nSPS) is 27.8. The summed E-state index contributed by atoms with van der Waals surface area (Å²) in [6.07, 6.45) is 9.50. The van der Waals surface area contributed by atoms with Crippen molar-refractivity contribution in [2.45, 2.75) is 88.9 Å². The Bertz CT molecular complexity index is 2060. The minimum absolute atomic E-state index is 0.100. The third-order valence-corrected chi connectivity index (χ3v) is 14.1. The zero-order chi connectivity index (χ0) is 33.1. The Kier molecular flexibility index (Phi) is 6.36. The van der Waals surface area contributed by atoms with Crippen LogP contribution in [0.3, 0.4) is 0 Å². The maximum absolute atomic E-state index is 2.65. The molecule has 0 aliphatic heterocycles. The Hall–Kier alpha value is -4.10. The van der Waals surface area contributed by atoms with Crippen molar-refractivity contribution in [2.75, 3.05) is 4.90 Å². The number of hydrogen-bond donors (Lipinski definition) is 0. The Morgan fingerprint density at radius 3 is 1.63 bits per heavy atom. The Labute approximate surface area is 293 Å². The van der Waals surface area contributed by atoms with Crippen molar-refractivity contribution >= 4 is 17.1 Å². The van der Waals surface area contributed by atoms with Crippen LogP contribution in [0.4, 0.5) is 17.1 Å². The monoisotopic (exact) mass is 639 g/mol. The van der Waals surface area contributed by atoms with Crippen LogP contribution in [-0.4, -0.2) is 0 Å². The van der Waals surface area contributed by atoms with Crippen molar-refractivity contribution in [3.8, 4) is 22.3 Å². The second-order valence-electron chi connectivity index (χ2n) is 17.7. The molecule has 49 heavy (non-hydrogen) atoms. The first-order valence-electron chi connectivity index (χ1n) is 19.1. The largest absolute Gasteiger partial charge is 0.310 e. The molecular weight excluding hydrogens is 591 g/mol. The van der Waals surface area contributed by atoms with Gasteiger partial charge in [-0.25, -0.2) is 0 Å². The second kappa shape index (κ2) is 10.5. The SMILES string of the molecule is CC1(C)CCC(C)(C)c2cc(N(c3ccccc3)c3ccc4c(c3)C3(c5cc(-c6ccccc6)ccc5-4)C4CC5CC(C4)CC3C5)ccc21. The first kappa shape index (κ1) is 29.8. The number of anilines is 3. The molecule has 1 heteroatoms. The molecule has 0 unspecified atom stereocenters. The van der Waals surface area contributed by atoms with E-state index in [2.05, 4.69) is 148 Å². The zero-order valence-corrected chi connectivity index (χ0v) is 29.7. The van der Waals surface area contributed by atoms with Crippen molar-refractivity contribution < 1.29 is 0 Å². The summed E-state index contributed by atoms with van der Waals surface area (Å²) in [5.74, 6) is 3.29. The molecule has 1 nitrogen and oxygen atoms in total. The highest BCUT2D eigenvalue weighted by Gasteiger charge is 2.61. The van der Waals surface area contributed by atoms with Gasteiger partial charge in [-0.1, -0.05) is 100 Å². The van der Waals surface area contributed by atoms with Gasteiger partial charge in [0.15, 0.2) is 0 Å². The third-order valence-electron chi connectivity index (χ3n) is 14.1. The zero-order valence-electron chi connectivity index (χ0n) is 29.7. The van der Waals surface area contributed by atoms with E-state index in [0.717, 1.165) is 23.7 Å². The highest BCUT2D eigenvalue weighted by molar-refractivity contribution is 5.88. The summed E-state index contributed by atoms with van der Waals surface area (Å²) in [6, 6.07) is 44.6. The van der Waals surface area contributed by atoms with E-state index >= 15 is 0 Å². The number of hydrogen-bond acceptors (Lipinski definition) is 1. The number of para-hydroxylation sites is 1. The van der Waals surface area contributed by atoms with Crippen LogP contribution in [0.25, 0.3) is 22.3 Å². The predicted molar refractivity (Wildman–Crippen MR) is 205 cm³/mol. The lowest BCUT2D eigenvalue weighted by atomic mass is 9.43. The van der Waals surface area contributed by atoms with Gasteiger partial charge >= 0.3 is 0 Å². The minimum atomic E-state index is 0.100. The molecule has 0 atom stereocenters. The third kappa shape index (κ3) is 4.30. The standard InChI is InChI=1S/C48H49N/c1-46(2)21-22-47(3,4)45-30-39(17-20-42(45)46)49(37-13-9-6-10-14-37)38-16-19-41-40-18-15-34(33-11-7-5-8-12-33)28-43(40)48(44(41)29-38)35-24-31-23-32(26-35)27-36(48)25-31/h5-20,28-32,35-36H,21-27H2,1-4H3. The topological polar surface area (TPSA) is 3.24 Å². The summed E-state index contributed by atoms with van der Waals surface area (Å²) in [6.45, 7) is 9.76. The molecule has 1 spiro atoms. The van der Waals surface area contributed by atoms with Gasteiger partial charge in [0.1, 0.15) is 0 Å². The Morgan fingerprint density at radius 1 is 0.449 bits per heavy atom. The van der Waals surface area contributed by atoms with E-state index in [1.165, 1.54) is 95.4 Å². The van der Waals surface area contributed by atoms with Crippen molar-refractivity contribution in [3.05, 3.63) is 138 Å². The average Bonchev–Trinajstić information content (AvgIpc) is 3.39. The van der Waals surface area contributed by atoms with Crippen LogP contribution in [0.15, 0.2) is 115 Å². The minimum Gasteiger partial charge on any atom is -0.310 e. The van der Waals surface area contributed by atoms with Crippen molar-refractivity contribution in [3.63, 3.8) is 0 Å². The summed E-state index contributed by atoms with van der Waals surface area (Å²) >= 11 is 0. The van der Waals surface area contributed by atoms with Gasteiger partial charge in [0.2, 0.25) is 0 Å². The molecule has 0 heterocycles. The van der Waals surface area contributed by atoms with Gasteiger partial charge in [-0.3, -0.25) is 0 Å². The van der Waals surface area contributed by atoms with Gasteiger partial charge in [-0.05, 0) is 166 Å². The van der Waals surface area contributed by atoms with Gasteiger partial charge < -0.3 is 4.90 Å².